The van der Waals surface area contributed by atoms with Gasteiger partial charge >= 0.3 is 0 Å². The van der Waals surface area contributed by atoms with Crippen LogP contribution in [-0.2, 0) is 14.3 Å². The molecule has 30 heavy (non-hydrogen) atoms. The zero-order valence-electron chi connectivity index (χ0n) is 17.1. The summed E-state index contributed by atoms with van der Waals surface area (Å²) in [5, 5.41) is 10.9. The monoisotopic (exact) mass is 412 g/mol. The van der Waals surface area contributed by atoms with E-state index in [9.17, 15) is 14.7 Å². The van der Waals surface area contributed by atoms with Gasteiger partial charge in [-0.1, -0.05) is 6.07 Å². The van der Waals surface area contributed by atoms with E-state index >= 15 is 0 Å². The van der Waals surface area contributed by atoms with Crippen molar-refractivity contribution in [3.8, 4) is 11.5 Å². The smallest absolute Gasteiger partial charge is 0.295 e. The van der Waals surface area contributed by atoms with Gasteiger partial charge in [-0.05, 0) is 36.8 Å². The molecule has 1 unspecified atom stereocenters. The van der Waals surface area contributed by atoms with Crippen LogP contribution in [-0.4, -0.2) is 60.7 Å². The number of rotatable bonds is 8. The Bertz CT molecular complexity index is 957. The van der Waals surface area contributed by atoms with Crippen LogP contribution >= 0.6 is 0 Å². The average Bonchev–Trinajstić information content (AvgIpc) is 3.02. The van der Waals surface area contributed by atoms with Crippen LogP contribution < -0.4 is 9.47 Å². The molecule has 8 heteroatoms. The molecule has 0 bridgehead atoms. The van der Waals surface area contributed by atoms with E-state index in [4.69, 9.17) is 14.2 Å². The molecule has 1 aliphatic heterocycles. The molecule has 1 aromatic heterocycles. The summed E-state index contributed by atoms with van der Waals surface area (Å²) in [6, 6.07) is 7.54. The predicted octanol–water partition coefficient (Wildman–Crippen LogP) is 2.56. The molecule has 0 spiro atoms. The molecule has 1 aliphatic rings. The number of pyridine rings is 1. The van der Waals surface area contributed by atoms with Gasteiger partial charge in [-0.25, -0.2) is 0 Å². The van der Waals surface area contributed by atoms with Gasteiger partial charge in [0, 0.05) is 31.6 Å². The van der Waals surface area contributed by atoms with Crippen molar-refractivity contribution in [2.24, 2.45) is 0 Å². The number of methoxy groups -OCH3 is 2. The average molecular weight is 412 g/mol. The first-order chi connectivity index (χ1) is 14.5. The maximum atomic E-state index is 12.9. The number of ketones is 1. The van der Waals surface area contributed by atoms with Gasteiger partial charge in [-0.3, -0.25) is 14.6 Å². The standard InChI is InChI=1S/C22H24N2O6/c1-4-30-17-13-15(5-6-16(17)29-3)19-18(20(25)14-7-9-23-10-8-14)21(26)22(27)24(19)11-12-28-2/h5-10,13,19,25H,4,11-12H2,1-3H3/b20-18-. The van der Waals surface area contributed by atoms with Gasteiger partial charge in [0.15, 0.2) is 11.5 Å². The van der Waals surface area contributed by atoms with Crippen LogP contribution in [0.1, 0.15) is 24.1 Å². The van der Waals surface area contributed by atoms with Crippen LogP contribution in [0.25, 0.3) is 5.76 Å². The van der Waals surface area contributed by atoms with E-state index in [-0.39, 0.29) is 24.5 Å². The first-order valence-electron chi connectivity index (χ1n) is 9.51. The third-order valence-electron chi connectivity index (χ3n) is 4.83. The van der Waals surface area contributed by atoms with E-state index in [1.54, 1.807) is 30.3 Å². The lowest BCUT2D eigenvalue weighted by Gasteiger charge is -2.25. The topological polar surface area (TPSA) is 98.2 Å². The lowest BCUT2D eigenvalue weighted by Crippen LogP contribution is -2.32. The maximum Gasteiger partial charge on any atom is 0.295 e. The number of benzene rings is 1. The predicted molar refractivity (Wildman–Crippen MR) is 109 cm³/mol. The van der Waals surface area contributed by atoms with Crippen molar-refractivity contribution in [1.82, 2.24) is 9.88 Å². The Balaban J connectivity index is 2.17. The van der Waals surface area contributed by atoms with Crippen molar-refractivity contribution in [1.29, 1.82) is 0 Å². The van der Waals surface area contributed by atoms with Gasteiger partial charge in [0.2, 0.25) is 0 Å². The molecular formula is C22H24N2O6. The number of Topliss-reactive ketones (excluding diaryl/α,β-unsaturated/α-hetero) is 1. The number of carbonyl (C=O) groups is 2. The van der Waals surface area contributed by atoms with Gasteiger partial charge in [-0.15, -0.1) is 0 Å². The number of aliphatic hydroxyl groups is 1. The summed E-state index contributed by atoms with van der Waals surface area (Å²) in [6.45, 7) is 2.70. The van der Waals surface area contributed by atoms with Gasteiger partial charge in [0.25, 0.3) is 11.7 Å². The molecule has 0 radical (unpaired) electrons. The summed E-state index contributed by atoms with van der Waals surface area (Å²) in [6.07, 6.45) is 3.01. The lowest BCUT2D eigenvalue weighted by molar-refractivity contribution is -0.140. The van der Waals surface area contributed by atoms with E-state index < -0.39 is 17.7 Å². The van der Waals surface area contributed by atoms with Crippen LogP contribution in [0.15, 0.2) is 48.3 Å². The number of ether oxygens (including phenoxy) is 3. The highest BCUT2D eigenvalue weighted by molar-refractivity contribution is 6.46. The summed E-state index contributed by atoms with van der Waals surface area (Å²) in [5.41, 5.74) is 1.03. The highest BCUT2D eigenvalue weighted by atomic mass is 16.5. The highest BCUT2D eigenvalue weighted by Crippen LogP contribution is 2.41. The molecule has 2 heterocycles. The largest absolute Gasteiger partial charge is 0.507 e. The zero-order chi connectivity index (χ0) is 21.7. The Morgan fingerprint density at radius 1 is 1.13 bits per heavy atom. The number of hydrogen-bond acceptors (Lipinski definition) is 7. The summed E-state index contributed by atoms with van der Waals surface area (Å²) in [5.74, 6) is -0.683. The molecule has 0 aliphatic carbocycles. The number of nitrogens with zero attached hydrogens (tertiary/aromatic N) is 2. The Labute approximate surface area is 174 Å². The molecule has 1 atom stereocenters. The normalized spacial score (nSPS) is 18.0. The maximum absolute atomic E-state index is 12.9. The van der Waals surface area contributed by atoms with Crippen LogP contribution in [0.5, 0.6) is 11.5 Å². The van der Waals surface area contributed by atoms with E-state index in [2.05, 4.69) is 4.98 Å². The number of aromatic nitrogens is 1. The van der Waals surface area contributed by atoms with Crippen molar-refractivity contribution in [2.75, 3.05) is 34.0 Å². The molecular weight excluding hydrogens is 388 g/mol. The Morgan fingerprint density at radius 2 is 1.87 bits per heavy atom. The number of amides is 1. The summed E-state index contributed by atoms with van der Waals surface area (Å²) < 4.78 is 16.1. The van der Waals surface area contributed by atoms with Gasteiger partial charge in [0.1, 0.15) is 5.76 Å². The number of hydrogen-bond donors (Lipinski definition) is 1. The van der Waals surface area contributed by atoms with E-state index in [1.165, 1.54) is 31.5 Å². The fourth-order valence-electron chi connectivity index (χ4n) is 3.44. The Kier molecular flexibility index (Phi) is 6.68. The summed E-state index contributed by atoms with van der Waals surface area (Å²) in [7, 11) is 3.05. The fourth-order valence-corrected chi connectivity index (χ4v) is 3.44. The Morgan fingerprint density at radius 3 is 2.50 bits per heavy atom. The second kappa shape index (κ2) is 9.41. The minimum Gasteiger partial charge on any atom is -0.507 e. The van der Waals surface area contributed by atoms with Gasteiger partial charge in [0.05, 0.1) is 31.9 Å². The van der Waals surface area contributed by atoms with Crippen LogP contribution in [0, 0.1) is 0 Å². The zero-order valence-corrected chi connectivity index (χ0v) is 17.1. The van der Waals surface area contributed by atoms with Crippen molar-refractivity contribution in [3.63, 3.8) is 0 Å². The van der Waals surface area contributed by atoms with E-state index in [1.807, 2.05) is 6.92 Å². The quantitative estimate of drug-likeness (QED) is 0.404. The van der Waals surface area contributed by atoms with Crippen molar-refractivity contribution in [2.45, 2.75) is 13.0 Å². The molecule has 0 saturated carbocycles. The molecule has 158 valence electrons. The second-order valence-electron chi connectivity index (χ2n) is 6.56. The SMILES string of the molecule is CCOc1cc(C2/C(=C(/O)c3ccncc3)C(=O)C(=O)N2CCOC)ccc1OC. The summed E-state index contributed by atoms with van der Waals surface area (Å²) >= 11 is 0. The molecule has 1 amide bonds. The van der Waals surface area contributed by atoms with E-state index in [0.29, 0.717) is 29.2 Å². The Hall–Kier alpha value is -3.39. The second-order valence-corrected chi connectivity index (χ2v) is 6.56. The van der Waals surface area contributed by atoms with Gasteiger partial charge < -0.3 is 24.2 Å². The lowest BCUT2D eigenvalue weighted by atomic mass is 9.95. The first-order valence-corrected chi connectivity index (χ1v) is 9.51. The molecule has 1 N–H and O–H groups in total. The van der Waals surface area contributed by atoms with Crippen molar-refractivity contribution < 1.29 is 28.9 Å². The molecule has 2 aromatic rings. The van der Waals surface area contributed by atoms with E-state index in [0.717, 1.165) is 0 Å². The number of carbonyl (C=O) groups excluding carboxylic acids is 2. The highest BCUT2D eigenvalue weighted by Gasteiger charge is 2.46. The minimum atomic E-state index is -0.793. The van der Waals surface area contributed by atoms with Crippen molar-refractivity contribution in [3.05, 3.63) is 59.4 Å². The molecule has 1 fully saturated rings. The van der Waals surface area contributed by atoms with Crippen LogP contribution in [0.3, 0.4) is 0 Å². The first kappa shape index (κ1) is 21.3. The minimum absolute atomic E-state index is 0.00918. The van der Waals surface area contributed by atoms with Crippen molar-refractivity contribution >= 4 is 17.4 Å². The third kappa shape index (κ3) is 3.99. The molecule has 3 rings (SSSR count). The molecule has 8 nitrogen and oxygen atoms in total. The third-order valence-corrected chi connectivity index (χ3v) is 4.83. The van der Waals surface area contributed by atoms with Crippen LogP contribution in [0.4, 0.5) is 0 Å². The molecule has 1 aromatic carbocycles. The number of likely N-dealkylation sites (tertiary alicyclic amines) is 1. The molecule has 1 saturated heterocycles. The van der Waals surface area contributed by atoms with Gasteiger partial charge in [-0.2, -0.15) is 0 Å². The number of aliphatic hydroxyl groups excluding tert-OH is 1. The van der Waals surface area contributed by atoms with Crippen LogP contribution in [0.2, 0.25) is 0 Å². The summed E-state index contributed by atoms with van der Waals surface area (Å²) in [4.78, 5) is 31.0. The fraction of sp³-hybridized carbons (Fsp3) is 0.318.